The summed E-state index contributed by atoms with van der Waals surface area (Å²) in [5.41, 5.74) is 11.6. The summed E-state index contributed by atoms with van der Waals surface area (Å²) in [5, 5.41) is 0. The molecule has 0 saturated heterocycles. The van der Waals surface area contributed by atoms with Crippen LogP contribution in [0, 0.1) is 0 Å². The molecule has 6 rings (SSSR count). The molecule has 0 unspecified atom stereocenters. The van der Waals surface area contributed by atoms with Gasteiger partial charge in [-0.15, -0.1) is 0 Å². The molecule has 0 spiro atoms. The molecule has 0 bridgehead atoms. The third-order valence-corrected chi connectivity index (χ3v) is 7.75. The zero-order chi connectivity index (χ0) is 31.2. The lowest BCUT2D eigenvalue weighted by Gasteiger charge is -2.15. The lowest BCUT2D eigenvalue weighted by Crippen LogP contribution is -1.96. The third kappa shape index (κ3) is 8.34. The summed E-state index contributed by atoms with van der Waals surface area (Å²) in [7, 11) is 0. The normalized spacial score (nSPS) is 11.9. The van der Waals surface area contributed by atoms with E-state index in [1.165, 1.54) is 0 Å². The van der Waals surface area contributed by atoms with Crippen LogP contribution in [0.25, 0.3) is 60.8 Å². The summed E-state index contributed by atoms with van der Waals surface area (Å²) < 4.78 is 0. The molecule has 0 N–H and O–H groups in total. The smallest absolute Gasteiger partial charge is 0.00992 e. The number of hydrogen-bond acceptors (Lipinski definition) is 0. The quantitative estimate of drug-likeness (QED) is 0.140. The number of hydrogen-bond donors (Lipinski definition) is 0. The average Bonchev–Trinajstić information content (AvgIpc) is 3.13. The molecule has 0 amide bonds. The lowest BCUT2D eigenvalue weighted by molar-refractivity contribution is 1.51. The second kappa shape index (κ2) is 15.7. The Kier molecular flexibility index (Phi) is 10.2. The molecule has 0 aliphatic heterocycles. The van der Waals surface area contributed by atoms with Gasteiger partial charge in [0.2, 0.25) is 0 Å². The van der Waals surface area contributed by atoms with E-state index in [-0.39, 0.29) is 0 Å². The van der Waals surface area contributed by atoms with E-state index < -0.39 is 0 Å². The Bertz CT molecular complexity index is 1850. The standard InChI is InChI=1S/C46H36/c1-6-16-37(17-7-1)26-31-42-36-43(32-27-38-18-8-2-9-19-38)45(34-29-40-22-12-4-13-23-40)46(35-30-41-24-14-5-15-25-41)44(42)33-28-39-20-10-3-11-21-39/h1-36H/b31-26+,32-27+,33-28+,34-29+,35-30+. The summed E-state index contributed by atoms with van der Waals surface area (Å²) >= 11 is 0. The van der Waals surface area contributed by atoms with E-state index in [1.807, 2.05) is 0 Å². The largest absolute Gasteiger partial charge is 0.0622 e. The lowest BCUT2D eigenvalue weighted by atomic mass is 9.88. The second-order valence-corrected chi connectivity index (χ2v) is 11.0. The van der Waals surface area contributed by atoms with Crippen molar-refractivity contribution < 1.29 is 0 Å². The molecule has 0 aliphatic rings. The summed E-state index contributed by atoms with van der Waals surface area (Å²) in [6.45, 7) is 0. The second-order valence-electron chi connectivity index (χ2n) is 11.0. The molecule has 6 aromatic rings. The van der Waals surface area contributed by atoms with Gasteiger partial charge >= 0.3 is 0 Å². The number of rotatable bonds is 10. The van der Waals surface area contributed by atoms with Crippen molar-refractivity contribution in [3.63, 3.8) is 0 Å². The Balaban J connectivity index is 1.60. The van der Waals surface area contributed by atoms with Gasteiger partial charge in [0, 0.05) is 0 Å². The fourth-order valence-electron chi connectivity index (χ4n) is 5.34. The van der Waals surface area contributed by atoms with Crippen molar-refractivity contribution in [3.8, 4) is 0 Å². The summed E-state index contributed by atoms with van der Waals surface area (Å²) in [4.78, 5) is 0. The van der Waals surface area contributed by atoms with Gasteiger partial charge in [-0.05, 0) is 61.7 Å². The van der Waals surface area contributed by atoms with Gasteiger partial charge in [0.1, 0.15) is 0 Å². The Labute approximate surface area is 273 Å². The highest BCUT2D eigenvalue weighted by atomic mass is 14.2. The fraction of sp³-hybridized carbons (Fsp3) is 0. The third-order valence-electron chi connectivity index (χ3n) is 7.75. The Hall–Kier alpha value is -5.98. The van der Waals surface area contributed by atoms with E-state index in [9.17, 15) is 0 Å². The van der Waals surface area contributed by atoms with Gasteiger partial charge in [0.25, 0.3) is 0 Å². The molecule has 0 heterocycles. The summed E-state index contributed by atoms with van der Waals surface area (Å²) in [6.07, 6.45) is 22.3. The van der Waals surface area contributed by atoms with E-state index in [0.29, 0.717) is 0 Å². The monoisotopic (exact) mass is 588 g/mol. The van der Waals surface area contributed by atoms with Crippen molar-refractivity contribution >= 4 is 60.8 Å². The topological polar surface area (TPSA) is 0 Å². The molecule has 220 valence electrons. The van der Waals surface area contributed by atoms with Crippen LogP contribution in [-0.4, -0.2) is 0 Å². The highest BCUT2D eigenvalue weighted by molar-refractivity contribution is 5.94. The van der Waals surface area contributed by atoms with Gasteiger partial charge in [-0.25, -0.2) is 0 Å². The first kappa shape index (κ1) is 30.1. The fourth-order valence-corrected chi connectivity index (χ4v) is 5.34. The van der Waals surface area contributed by atoms with Crippen LogP contribution in [0.1, 0.15) is 55.6 Å². The van der Waals surface area contributed by atoms with Gasteiger partial charge in [-0.2, -0.15) is 0 Å². The van der Waals surface area contributed by atoms with Crippen molar-refractivity contribution in [2.45, 2.75) is 0 Å². The van der Waals surface area contributed by atoms with Crippen LogP contribution in [0.15, 0.2) is 158 Å². The summed E-state index contributed by atoms with van der Waals surface area (Å²) in [6, 6.07) is 54.8. The maximum absolute atomic E-state index is 2.31. The highest BCUT2D eigenvalue weighted by Crippen LogP contribution is 2.32. The molecule has 0 nitrogen and oxygen atoms in total. The minimum Gasteiger partial charge on any atom is -0.0622 e. The predicted molar refractivity (Wildman–Crippen MR) is 203 cm³/mol. The first-order valence-corrected chi connectivity index (χ1v) is 15.7. The Morgan fingerprint density at radius 3 is 0.739 bits per heavy atom. The molecule has 0 saturated carbocycles. The van der Waals surface area contributed by atoms with Gasteiger partial charge < -0.3 is 0 Å². The van der Waals surface area contributed by atoms with E-state index >= 15 is 0 Å². The zero-order valence-corrected chi connectivity index (χ0v) is 25.8. The van der Waals surface area contributed by atoms with E-state index in [2.05, 4.69) is 218 Å². The van der Waals surface area contributed by atoms with Crippen LogP contribution in [0.4, 0.5) is 0 Å². The molecule has 0 radical (unpaired) electrons. The Morgan fingerprint density at radius 2 is 0.457 bits per heavy atom. The van der Waals surface area contributed by atoms with Gasteiger partial charge in [0.05, 0.1) is 0 Å². The molecule has 6 aromatic carbocycles. The minimum atomic E-state index is 1.15. The highest BCUT2D eigenvalue weighted by Gasteiger charge is 2.12. The van der Waals surface area contributed by atoms with Crippen LogP contribution >= 0.6 is 0 Å². The SMILES string of the molecule is C(=C\c1cc(/C=C/c2ccccc2)c(/C=C/c2ccccc2)c(/C=C/c2ccccc2)c1/C=C/c1ccccc1)/c1ccccc1. The molecule has 0 aromatic heterocycles. The van der Waals surface area contributed by atoms with Gasteiger partial charge in [0.15, 0.2) is 0 Å². The van der Waals surface area contributed by atoms with Gasteiger partial charge in [-0.3, -0.25) is 0 Å². The first-order chi connectivity index (χ1) is 22.8. The van der Waals surface area contributed by atoms with Crippen molar-refractivity contribution in [1.82, 2.24) is 0 Å². The molecular formula is C46H36. The summed E-state index contributed by atoms with van der Waals surface area (Å²) in [5.74, 6) is 0. The molecular weight excluding hydrogens is 553 g/mol. The van der Waals surface area contributed by atoms with E-state index in [4.69, 9.17) is 0 Å². The van der Waals surface area contributed by atoms with Crippen LogP contribution < -0.4 is 0 Å². The minimum absolute atomic E-state index is 1.15. The van der Waals surface area contributed by atoms with Crippen LogP contribution in [0.5, 0.6) is 0 Å². The van der Waals surface area contributed by atoms with Crippen LogP contribution in [-0.2, 0) is 0 Å². The molecule has 0 aliphatic carbocycles. The number of benzene rings is 6. The van der Waals surface area contributed by atoms with E-state index in [1.54, 1.807) is 0 Å². The Morgan fingerprint density at radius 1 is 0.217 bits per heavy atom. The molecule has 0 fully saturated rings. The van der Waals surface area contributed by atoms with Crippen molar-refractivity contribution in [1.29, 1.82) is 0 Å². The van der Waals surface area contributed by atoms with E-state index in [0.717, 1.165) is 55.6 Å². The average molecular weight is 589 g/mol. The predicted octanol–water partition coefficient (Wildman–Crippen LogP) is 12.5. The van der Waals surface area contributed by atoms with Crippen LogP contribution in [0.3, 0.4) is 0 Å². The van der Waals surface area contributed by atoms with Gasteiger partial charge in [-0.1, -0.05) is 212 Å². The molecule has 0 heteroatoms. The van der Waals surface area contributed by atoms with Crippen molar-refractivity contribution in [2.24, 2.45) is 0 Å². The maximum Gasteiger partial charge on any atom is -0.00992 e. The maximum atomic E-state index is 2.31. The first-order valence-electron chi connectivity index (χ1n) is 15.7. The van der Waals surface area contributed by atoms with Crippen LogP contribution in [0.2, 0.25) is 0 Å². The zero-order valence-electron chi connectivity index (χ0n) is 25.8. The molecule has 0 atom stereocenters. The molecule has 46 heavy (non-hydrogen) atoms. The van der Waals surface area contributed by atoms with Crippen molar-refractivity contribution in [3.05, 3.63) is 213 Å². The van der Waals surface area contributed by atoms with Crippen molar-refractivity contribution in [2.75, 3.05) is 0 Å².